The number of anilines is 2. The highest BCUT2D eigenvalue weighted by molar-refractivity contribution is 9.10. The highest BCUT2D eigenvalue weighted by Gasteiger charge is 2.21. The zero-order valence-corrected chi connectivity index (χ0v) is 14.5. The molecule has 2 rings (SSSR count). The van der Waals surface area contributed by atoms with Gasteiger partial charge in [0.15, 0.2) is 0 Å². The van der Waals surface area contributed by atoms with Gasteiger partial charge in [-0.15, -0.1) is 0 Å². The van der Waals surface area contributed by atoms with Gasteiger partial charge in [-0.25, -0.2) is 8.42 Å². The van der Waals surface area contributed by atoms with Crippen molar-refractivity contribution in [1.29, 1.82) is 0 Å². The van der Waals surface area contributed by atoms with Gasteiger partial charge in [0, 0.05) is 4.47 Å². The molecule has 0 unspecified atom stereocenters. The van der Waals surface area contributed by atoms with E-state index in [-0.39, 0.29) is 10.6 Å². The molecule has 0 aliphatic heterocycles. The minimum Gasteiger partial charge on any atom is -0.397 e. The molecule has 4 nitrogen and oxygen atoms in total. The summed E-state index contributed by atoms with van der Waals surface area (Å²) in [6.07, 6.45) is 0. The van der Waals surface area contributed by atoms with Crippen molar-refractivity contribution >= 4 is 37.3 Å². The van der Waals surface area contributed by atoms with Crippen molar-refractivity contribution in [3.63, 3.8) is 0 Å². The third kappa shape index (κ3) is 3.39. The Balaban J connectivity index is 2.51. The summed E-state index contributed by atoms with van der Waals surface area (Å²) in [6.45, 7) is 5.42. The van der Waals surface area contributed by atoms with Crippen molar-refractivity contribution in [1.82, 2.24) is 0 Å². The molecule has 112 valence electrons. The summed E-state index contributed by atoms with van der Waals surface area (Å²) in [5.74, 6) is 0. The minimum absolute atomic E-state index is 0.139. The predicted octanol–water partition coefficient (Wildman–Crippen LogP) is 3.76. The van der Waals surface area contributed by atoms with E-state index in [1.807, 2.05) is 19.1 Å². The Bertz CT molecular complexity index is 781. The van der Waals surface area contributed by atoms with Gasteiger partial charge in [0.05, 0.1) is 11.4 Å². The Morgan fingerprint density at radius 1 is 1.05 bits per heavy atom. The lowest BCUT2D eigenvalue weighted by molar-refractivity contribution is 0.601. The van der Waals surface area contributed by atoms with E-state index >= 15 is 0 Å². The maximum absolute atomic E-state index is 12.6. The summed E-state index contributed by atoms with van der Waals surface area (Å²) in [5.41, 5.74) is 9.06. The summed E-state index contributed by atoms with van der Waals surface area (Å²) < 4.78 is 28.6. The van der Waals surface area contributed by atoms with Crippen LogP contribution in [0.4, 0.5) is 11.4 Å². The molecule has 21 heavy (non-hydrogen) atoms. The number of nitrogens with one attached hydrogen (secondary N) is 1. The first-order chi connectivity index (χ1) is 9.70. The average molecular weight is 369 g/mol. The molecule has 3 N–H and O–H groups in total. The van der Waals surface area contributed by atoms with Gasteiger partial charge in [-0.1, -0.05) is 28.1 Å². The number of aryl methyl sites for hydroxylation is 3. The molecule has 0 atom stereocenters. The molecular formula is C15H17BrN2O2S. The van der Waals surface area contributed by atoms with Crippen LogP contribution in [0.15, 0.2) is 39.7 Å². The molecule has 2 aromatic carbocycles. The van der Waals surface area contributed by atoms with Crippen LogP contribution in [0.5, 0.6) is 0 Å². The van der Waals surface area contributed by atoms with Crippen LogP contribution < -0.4 is 10.5 Å². The normalized spacial score (nSPS) is 11.4. The van der Waals surface area contributed by atoms with Crippen LogP contribution >= 0.6 is 15.9 Å². The van der Waals surface area contributed by atoms with Gasteiger partial charge in [-0.05, 0) is 55.7 Å². The Morgan fingerprint density at radius 3 is 2.29 bits per heavy atom. The summed E-state index contributed by atoms with van der Waals surface area (Å²) in [4.78, 5) is 0.139. The fraction of sp³-hybridized carbons (Fsp3) is 0.200. The Hall–Kier alpha value is -1.53. The average Bonchev–Trinajstić information content (AvgIpc) is 2.32. The molecule has 0 radical (unpaired) electrons. The zero-order valence-electron chi connectivity index (χ0n) is 12.1. The van der Waals surface area contributed by atoms with Crippen LogP contribution in [0, 0.1) is 20.8 Å². The number of nitrogen functional groups attached to an aromatic ring is 1. The first kappa shape index (κ1) is 15.9. The van der Waals surface area contributed by atoms with Crippen molar-refractivity contribution in [2.45, 2.75) is 25.7 Å². The number of hydrogen-bond donors (Lipinski definition) is 2. The van der Waals surface area contributed by atoms with E-state index < -0.39 is 10.0 Å². The third-order valence-corrected chi connectivity index (χ3v) is 5.22. The molecule has 0 spiro atoms. The second-order valence-corrected chi connectivity index (χ2v) is 7.60. The Kier molecular flexibility index (Phi) is 4.30. The van der Waals surface area contributed by atoms with Gasteiger partial charge in [0.1, 0.15) is 4.90 Å². The number of hydrogen-bond acceptors (Lipinski definition) is 3. The second kappa shape index (κ2) is 5.69. The molecule has 0 aliphatic carbocycles. The van der Waals surface area contributed by atoms with Crippen molar-refractivity contribution in [3.05, 3.63) is 51.5 Å². The fourth-order valence-corrected chi connectivity index (χ4v) is 4.25. The SMILES string of the molecule is Cc1cc(Br)cc(NS(=O)(=O)c2c(C)ccc(C)c2N)c1. The van der Waals surface area contributed by atoms with Crippen molar-refractivity contribution < 1.29 is 8.42 Å². The quantitative estimate of drug-likeness (QED) is 0.810. The molecule has 2 aromatic rings. The molecule has 0 fully saturated rings. The van der Waals surface area contributed by atoms with E-state index in [4.69, 9.17) is 5.73 Å². The second-order valence-electron chi connectivity index (χ2n) is 5.06. The van der Waals surface area contributed by atoms with Crippen molar-refractivity contribution in [2.24, 2.45) is 0 Å². The number of sulfonamides is 1. The van der Waals surface area contributed by atoms with Gasteiger partial charge >= 0.3 is 0 Å². The predicted molar refractivity (Wildman–Crippen MR) is 90.0 cm³/mol. The van der Waals surface area contributed by atoms with E-state index in [1.54, 1.807) is 32.0 Å². The number of halogens is 1. The number of rotatable bonds is 3. The smallest absolute Gasteiger partial charge is 0.264 e. The third-order valence-electron chi connectivity index (χ3n) is 3.17. The summed E-state index contributed by atoms with van der Waals surface area (Å²) in [7, 11) is -3.73. The lowest BCUT2D eigenvalue weighted by Crippen LogP contribution is -2.17. The van der Waals surface area contributed by atoms with Crippen LogP contribution in [-0.2, 0) is 10.0 Å². The van der Waals surface area contributed by atoms with E-state index in [1.165, 1.54) is 0 Å². The molecule has 0 amide bonds. The van der Waals surface area contributed by atoms with Crippen molar-refractivity contribution in [2.75, 3.05) is 10.5 Å². The van der Waals surface area contributed by atoms with Gasteiger partial charge < -0.3 is 5.73 Å². The van der Waals surface area contributed by atoms with Gasteiger partial charge in [0.2, 0.25) is 0 Å². The Labute approximate surface area is 133 Å². The number of nitrogens with two attached hydrogens (primary N) is 1. The summed E-state index contributed by atoms with van der Waals surface area (Å²) in [6, 6.07) is 8.96. The molecule has 0 aliphatic rings. The van der Waals surface area contributed by atoms with E-state index in [0.717, 1.165) is 15.6 Å². The molecule has 6 heteroatoms. The largest absolute Gasteiger partial charge is 0.397 e. The number of benzene rings is 2. The highest BCUT2D eigenvalue weighted by Crippen LogP contribution is 2.28. The standard InChI is InChI=1S/C15H17BrN2O2S/c1-9-6-12(16)8-13(7-9)18-21(19,20)15-11(3)5-4-10(2)14(15)17/h4-8,18H,17H2,1-3H3. The first-order valence-electron chi connectivity index (χ1n) is 6.36. The topological polar surface area (TPSA) is 72.2 Å². The van der Waals surface area contributed by atoms with E-state index in [9.17, 15) is 8.42 Å². The van der Waals surface area contributed by atoms with Crippen LogP contribution in [0.1, 0.15) is 16.7 Å². The van der Waals surface area contributed by atoms with Crippen molar-refractivity contribution in [3.8, 4) is 0 Å². The first-order valence-corrected chi connectivity index (χ1v) is 8.64. The fourth-order valence-electron chi connectivity index (χ4n) is 2.17. The highest BCUT2D eigenvalue weighted by atomic mass is 79.9. The van der Waals surface area contributed by atoms with Crippen LogP contribution in [0.2, 0.25) is 0 Å². The zero-order chi connectivity index (χ0) is 15.8. The molecule has 0 aromatic heterocycles. The monoisotopic (exact) mass is 368 g/mol. The Morgan fingerprint density at radius 2 is 1.67 bits per heavy atom. The molecule has 0 bridgehead atoms. The molecular weight excluding hydrogens is 352 g/mol. The van der Waals surface area contributed by atoms with Gasteiger partial charge in [-0.3, -0.25) is 4.72 Å². The molecule has 0 heterocycles. The maximum Gasteiger partial charge on any atom is 0.264 e. The lowest BCUT2D eigenvalue weighted by atomic mass is 10.1. The van der Waals surface area contributed by atoms with Gasteiger partial charge in [-0.2, -0.15) is 0 Å². The maximum atomic E-state index is 12.6. The van der Waals surface area contributed by atoms with E-state index in [0.29, 0.717) is 11.3 Å². The van der Waals surface area contributed by atoms with E-state index in [2.05, 4.69) is 20.7 Å². The molecule has 0 saturated carbocycles. The minimum atomic E-state index is -3.73. The van der Waals surface area contributed by atoms with Crippen LogP contribution in [0.25, 0.3) is 0 Å². The lowest BCUT2D eigenvalue weighted by Gasteiger charge is -2.14. The summed E-state index contributed by atoms with van der Waals surface area (Å²) >= 11 is 3.36. The van der Waals surface area contributed by atoms with Gasteiger partial charge in [0.25, 0.3) is 10.0 Å². The summed E-state index contributed by atoms with van der Waals surface area (Å²) in [5, 5.41) is 0. The van der Waals surface area contributed by atoms with Crippen LogP contribution in [0.3, 0.4) is 0 Å². The molecule has 0 saturated heterocycles. The van der Waals surface area contributed by atoms with Crippen LogP contribution in [-0.4, -0.2) is 8.42 Å².